The van der Waals surface area contributed by atoms with E-state index in [2.05, 4.69) is 31.8 Å². The van der Waals surface area contributed by atoms with Crippen molar-refractivity contribution >= 4 is 50.6 Å². The third-order valence-corrected chi connectivity index (χ3v) is 4.98. The average Bonchev–Trinajstić information content (AvgIpc) is 3.21. The molecule has 146 valence electrons. The van der Waals surface area contributed by atoms with Crippen molar-refractivity contribution in [1.82, 2.24) is 5.43 Å². The quantitative estimate of drug-likeness (QED) is 0.336. The Balaban J connectivity index is 2.03. The van der Waals surface area contributed by atoms with Crippen LogP contribution in [0.1, 0.15) is 25.3 Å². The Labute approximate surface area is 177 Å². The summed E-state index contributed by atoms with van der Waals surface area (Å²) in [5.74, 6) is -0.383. The molecule has 28 heavy (non-hydrogen) atoms. The second-order valence-electron chi connectivity index (χ2n) is 6.17. The molecule has 0 radical (unpaired) electrons. The fourth-order valence-corrected chi connectivity index (χ4v) is 3.26. The summed E-state index contributed by atoms with van der Waals surface area (Å²) in [5.41, 5.74) is 9.86. The Kier molecular flexibility index (Phi) is 7.12. The first-order chi connectivity index (χ1) is 13.6. The van der Waals surface area contributed by atoms with Crippen LogP contribution >= 0.6 is 27.5 Å². The molecule has 7 heteroatoms. The number of hydrogen-bond donors (Lipinski definition) is 2. The molecule has 0 saturated carbocycles. The number of nitrogens with zero attached hydrogens (tertiary/aromatic N) is 1. The number of halogens is 2. The van der Waals surface area contributed by atoms with Crippen LogP contribution in [-0.4, -0.2) is 24.8 Å². The minimum Gasteiger partial charge on any atom is -0.462 e. The Hall–Kier alpha value is -2.31. The van der Waals surface area contributed by atoms with Crippen LogP contribution in [0.3, 0.4) is 0 Å². The van der Waals surface area contributed by atoms with Gasteiger partial charge in [-0.25, -0.2) is 4.79 Å². The molecule has 2 aromatic carbocycles. The number of aliphatic imine (C=N–C) groups is 1. The van der Waals surface area contributed by atoms with E-state index >= 15 is 0 Å². The van der Waals surface area contributed by atoms with Crippen LogP contribution in [0.25, 0.3) is 5.70 Å². The highest BCUT2D eigenvalue weighted by Crippen LogP contribution is 2.25. The first kappa shape index (κ1) is 20.4. The molecular formula is C21H21BrClN3O2. The van der Waals surface area contributed by atoms with Crippen molar-refractivity contribution in [2.75, 3.05) is 18.6 Å². The molecule has 0 bridgehead atoms. The van der Waals surface area contributed by atoms with Crippen LogP contribution in [0.4, 0.5) is 5.69 Å². The molecule has 0 amide bonds. The van der Waals surface area contributed by atoms with Crippen LogP contribution < -0.4 is 10.9 Å². The molecule has 2 aromatic rings. The summed E-state index contributed by atoms with van der Waals surface area (Å²) in [7, 11) is 0. The van der Waals surface area contributed by atoms with Crippen molar-refractivity contribution in [1.29, 1.82) is 0 Å². The van der Waals surface area contributed by atoms with Gasteiger partial charge < -0.3 is 10.2 Å². The molecule has 2 N–H and O–H groups in total. The Bertz CT molecular complexity index is 893. The van der Waals surface area contributed by atoms with Crippen molar-refractivity contribution in [3.05, 3.63) is 69.2 Å². The van der Waals surface area contributed by atoms with Crippen LogP contribution in [0.5, 0.6) is 0 Å². The van der Waals surface area contributed by atoms with E-state index in [1.165, 1.54) is 0 Å². The molecule has 0 atom stereocenters. The fourth-order valence-electron chi connectivity index (χ4n) is 2.87. The summed E-state index contributed by atoms with van der Waals surface area (Å²) in [6.07, 6.45) is 1.67. The molecular weight excluding hydrogens is 442 g/mol. The number of hydrazine groups is 1. The van der Waals surface area contributed by atoms with Gasteiger partial charge in [-0.15, -0.1) is 0 Å². The highest BCUT2D eigenvalue weighted by Gasteiger charge is 2.25. The lowest BCUT2D eigenvalue weighted by Gasteiger charge is -2.18. The minimum atomic E-state index is -0.383. The second kappa shape index (κ2) is 9.75. The largest absolute Gasteiger partial charge is 0.462 e. The molecule has 0 spiro atoms. The predicted octanol–water partition coefficient (Wildman–Crippen LogP) is 5.23. The highest BCUT2D eigenvalue weighted by molar-refractivity contribution is 9.10. The Morgan fingerprint density at radius 3 is 2.50 bits per heavy atom. The average molecular weight is 463 g/mol. The van der Waals surface area contributed by atoms with E-state index < -0.39 is 0 Å². The van der Waals surface area contributed by atoms with E-state index in [0.29, 0.717) is 22.9 Å². The predicted molar refractivity (Wildman–Crippen MR) is 117 cm³/mol. The summed E-state index contributed by atoms with van der Waals surface area (Å²) < 4.78 is 6.29. The molecule has 0 unspecified atom stereocenters. The van der Waals surface area contributed by atoms with Gasteiger partial charge in [0.25, 0.3) is 0 Å². The zero-order chi connectivity index (χ0) is 19.9. The van der Waals surface area contributed by atoms with Crippen LogP contribution in [0, 0.1) is 0 Å². The van der Waals surface area contributed by atoms with E-state index in [1.807, 2.05) is 36.4 Å². The monoisotopic (exact) mass is 461 g/mol. The van der Waals surface area contributed by atoms with Crippen molar-refractivity contribution < 1.29 is 9.53 Å². The lowest BCUT2D eigenvalue weighted by atomic mass is 10.0. The number of carbonyl (C=O) groups excluding carboxylic acids is 1. The number of nitrogens with one attached hydrogen (secondary N) is 2. The summed E-state index contributed by atoms with van der Waals surface area (Å²) >= 11 is 9.41. The van der Waals surface area contributed by atoms with Gasteiger partial charge in [0.2, 0.25) is 0 Å². The zero-order valence-corrected chi connectivity index (χ0v) is 17.8. The van der Waals surface area contributed by atoms with Crippen molar-refractivity contribution in [3.8, 4) is 0 Å². The maximum Gasteiger partial charge on any atom is 0.342 e. The number of hydrogen-bond acceptors (Lipinski definition) is 5. The minimum absolute atomic E-state index is 0.299. The lowest BCUT2D eigenvalue weighted by Crippen LogP contribution is -2.27. The molecule has 1 aliphatic heterocycles. The van der Waals surface area contributed by atoms with Crippen molar-refractivity contribution in [3.63, 3.8) is 0 Å². The molecule has 1 aliphatic rings. The lowest BCUT2D eigenvalue weighted by molar-refractivity contribution is -0.137. The molecule has 3 rings (SSSR count). The Morgan fingerprint density at radius 1 is 1.18 bits per heavy atom. The van der Waals surface area contributed by atoms with E-state index in [0.717, 1.165) is 40.8 Å². The number of benzene rings is 2. The van der Waals surface area contributed by atoms with Crippen molar-refractivity contribution in [2.45, 2.75) is 19.8 Å². The van der Waals surface area contributed by atoms with E-state index in [-0.39, 0.29) is 5.97 Å². The molecule has 1 heterocycles. The summed E-state index contributed by atoms with van der Waals surface area (Å²) in [6, 6.07) is 15.0. The van der Waals surface area contributed by atoms with Gasteiger partial charge in [0.05, 0.1) is 23.7 Å². The van der Waals surface area contributed by atoms with E-state index in [9.17, 15) is 4.79 Å². The van der Waals surface area contributed by atoms with Gasteiger partial charge in [0.15, 0.2) is 0 Å². The number of rotatable bonds is 7. The maximum atomic E-state index is 12.8. The van der Waals surface area contributed by atoms with Crippen LogP contribution in [0.2, 0.25) is 5.02 Å². The normalized spacial score (nSPS) is 14.2. The maximum absolute atomic E-state index is 12.8. The first-order valence-corrected chi connectivity index (χ1v) is 10.2. The molecule has 5 nitrogen and oxygen atoms in total. The van der Waals surface area contributed by atoms with Gasteiger partial charge in [-0.3, -0.25) is 10.4 Å². The van der Waals surface area contributed by atoms with Gasteiger partial charge in [-0.05, 0) is 56.2 Å². The molecule has 0 saturated heterocycles. The van der Waals surface area contributed by atoms with Gasteiger partial charge in [-0.1, -0.05) is 39.7 Å². The number of ether oxygens (including phenoxy) is 1. The van der Waals surface area contributed by atoms with Crippen molar-refractivity contribution in [2.24, 2.45) is 4.99 Å². The highest BCUT2D eigenvalue weighted by atomic mass is 79.9. The smallest absolute Gasteiger partial charge is 0.342 e. The SMILES string of the molecule is CCOC(=O)/C(C1=NCCC1)=C(\NNc1ccc(Cl)cc1)c1ccc(Br)cc1. The number of esters is 1. The molecule has 0 fully saturated rings. The van der Waals surface area contributed by atoms with Crippen LogP contribution in [0.15, 0.2) is 63.6 Å². The summed E-state index contributed by atoms with van der Waals surface area (Å²) in [6.45, 7) is 2.81. The standard InChI is InChI=1S/C21H21BrClN3O2/c1-2-28-21(27)19(18-4-3-13-24-18)20(14-5-7-15(22)8-6-14)26-25-17-11-9-16(23)10-12-17/h5-12,25-26H,2-4,13H2,1H3/b20-19-. The molecule has 0 aliphatic carbocycles. The fraction of sp³-hybridized carbons (Fsp3) is 0.238. The number of carbonyl (C=O) groups is 1. The molecule has 0 aromatic heterocycles. The van der Waals surface area contributed by atoms with E-state index in [1.54, 1.807) is 19.1 Å². The third-order valence-electron chi connectivity index (χ3n) is 4.20. The third kappa shape index (κ3) is 5.14. The van der Waals surface area contributed by atoms with E-state index in [4.69, 9.17) is 16.3 Å². The van der Waals surface area contributed by atoms with Gasteiger partial charge in [0.1, 0.15) is 5.57 Å². The van der Waals surface area contributed by atoms with Crippen LogP contribution in [-0.2, 0) is 9.53 Å². The second-order valence-corrected chi connectivity index (χ2v) is 7.52. The van der Waals surface area contributed by atoms with Gasteiger partial charge >= 0.3 is 5.97 Å². The van der Waals surface area contributed by atoms with Gasteiger partial charge in [0, 0.05) is 21.6 Å². The summed E-state index contributed by atoms with van der Waals surface area (Å²) in [4.78, 5) is 17.3. The Morgan fingerprint density at radius 2 is 1.89 bits per heavy atom. The first-order valence-electron chi connectivity index (χ1n) is 9.07. The topological polar surface area (TPSA) is 62.7 Å². The zero-order valence-electron chi connectivity index (χ0n) is 15.5. The number of anilines is 1. The van der Waals surface area contributed by atoms with Gasteiger partial charge in [-0.2, -0.15) is 0 Å². The summed E-state index contributed by atoms with van der Waals surface area (Å²) in [5, 5.41) is 0.654.